The zero-order valence-electron chi connectivity index (χ0n) is 24.5. The van der Waals surface area contributed by atoms with Gasteiger partial charge in [0.15, 0.2) is 0 Å². The van der Waals surface area contributed by atoms with E-state index in [2.05, 4.69) is 5.32 Å². The molecule has 1 N–H and O–H groups in total. The number of amides is 2. The standard InChI is InChI=1S/C34H36ClN3O4S/c1-25(2)36-34(40)32(22-27-10-6-4-7-11-27)37(23-28-12-8-5-9-13-28)33(39)24-38(30-18-14-26(3)15-19-30)43(41,42)31-20-16-29(35)17-21-31/h4-21,25,32H,22-24H2,1-3H3,(H,36,40)/t32-/m0/s1. The average Bonchev–Trinajstić information content (AvgIpc) is 2.99. The van der Waals surface area contributed by atoms with E-state index in [1.807, 2.05) is 81.4 Å². The molecule has 4 aromatic rings. The number of carbonyl (C=O) groups excluding carboxylic acids is 2. The summed E-state index contributed by atoms with van der Waals surface area (Å²) < 4.78 is 29.1. The van der Waals surface area contributed by atoms with Crippen molar-refractivity contribution in [3.8, 4) is 0 Å². The van der Waals surface area contributed by atoms with Gasteiger partial charge in [-0.25, -0.2) is 8.42 Å². The molecule has 0 saturated carbocycles. The van der Waals surface area contributed by atoms with Gasteiger partial charge in [-0.1, -0.05) is 90.0 Å². The van der Waals surface area contributed by atoms with Crippen molar-refractivity contribution in [3.63, 3.8) is 0 Å². The molecule has 4 rings (SSSR count). The molecule has 0 aliphatic rings. The number of nitrogens with zero attached hydrogens (tertiary/aromatic N) is 2. The molecule has 0 bridgehead atoms. The Balaban J connectivity index is 1.78. The van der Waals surface area contributed by atoms with E-state index >= 15 is 0 Å². The molecule has 7 nitrogen and oxygen atoms in total. The minimum absolute atomic E-state index is 0.00160. The van der Waals surface area contributed by atoms with Gasteiger partial charge in [0.05, 0.1) is 10.6 Å². The number of halogens is 1. The van der Waals surface area contributed by atoms with Crippen LogP contribution in [-0.2, 0) is 32.6 Å². The van der Waals surface area contributed by atoms with Gasteiger partial charge in [-0.05, 0) is 68.3 Å². The number of sulfonamides is 1. The van der Waals surface area contributed by atoms with E-state index in [-0.39, 0.29) is 29.8 Å². The Hall–Kier alpha value is -4.14. The number of benzene rings is 4. The van der Waals surface area contributed by atoms with Crippen molar-refractivity contribution < 1.29 is 18.0 Å². The molecule has 0 aliphatic heterocycles. The maximum atomic E-state index is 14.4. The summed E-state index contributed by atoms with van der Waals surface area (Å²) in [5.41, 5.74) is 2.97. The first kappa shape index (κ1) is 31.8. The Labute approximate surface area is 259 Å². The van der Waals surface area contributed by atoms with Gasteiger partial charge < -0.3 is 10.2 Å². The van der Waals surface area contributed by atoms with Crippen LogP contribution in [-0.4, -0.2) is 43.8 Å². The topological polar surface area (TPSA) is 86.8 Å². The van der Waals surface area contributed by atoms with Crippen molar-refractivity contribution in [2.45, 2.75) is 50.7 Å². The van der Waals surface area contributed by atoms with Crippen molar-refractivity contribution in [3.05, 3.63) is 131 Å². The van der Waals surface area contributed by atoms with Crippen LogP contribution in [0.2, 0.25) is 5.02 Å². The van der Waals surface area contributed by atoms with Crippen molar-refractivity contribution in [2.75, 3.05) is 10.8 Å². The number of anilines is 1. The van der Waals surface area contributed by atoms with Crippen molar-refractivity contribution in [2.24, 2.45) is 0 Å². The maximum absolute atomic E-state index is 14.4. The molecule has 0 heterocycles. The van der Waals surface area contributed by atoms with E-state index in [0.717, 1.165) is 21.0 Å². The van der Waals surface area contributed by atoms with Crippen LogP contribution in [0.5, 0.6) is 0 Å². The van der Waals surface area contributed by atoms with Gasteiger partial charge in [-0.3, -0.25) is 13.9 Å². The number of carbonyl (C=O) groups is 2. The van der Waals surface area contributed by atoms with Gasteiger partial charge in [0.2, 0.25) is 11.8 Å². The summed E-state index contributed by atoms with van der Waals surface area (Å²) in [7, 11) is -4.18. The second-order valence-corrected chi connectivity index (χ2v) is 13.0. The summed E-state index contributed by atoms with van der Waals surface area (Å²) in [5.74, 6) is -0.826. The van der Waals surface area contributed by atoms with E-state index in [1.165, 1.54) is 29.2 Å². The van der Waals surface area contributed by atoms with Crippen LogP contribution in [0.1, 0.15) is 30.5 Å². The van der Waals surface area contributed by atoms with Crippen LogP contribution in [0.3, 0.4) is 0 Å². The van der Waals surface area contributed by atoms with Crippen LogP contribution in [0.4, 0.5) is 5.69 Å². The lowest BCUT2D eigenvalue weighted by molar-refractivity contribution is -0.140. The van der Waals surface area contributed by atoms with E-state index in [4.69, 9.17) is 11.6 Å². The lowest BCUT2D eigenvalue weighted by Crippen LogP contribution is -2.54. The van der Waals surface area contributed by atoms with Crippen LogP contribution in [0.15, 0.2) is 114 Å². The van der Waals surface area contributed by atoms with Gasteiger partial charge in [-0.2, -0.15) is 0 Å². The molecule has 1 atom stereocenters. The highest BCUT2D eigenvalue weighted by Gasteiger charge is 2.34. The predicted molar refractivity (Wildman–Crippen MR) is 171 cm³/mol. The van der Waals surface area contributed by atoms with Gasteiger partial charge >= 0.3 is 0 Å². The number of nitrogens with one attached hydrogen (secondary N) is 1. The Bertz CT molecular complexity index is 1610. The summed E-state index contributed by atoms with van der Waals surface area (Å²) >= 11 is 6.04. The Morgan fingerprint density at radius 2 is 1.35 bits per heavy atom. The molecule has 224 valence electrons. The van der Waals surface area contributed by atoms with E-state index < -0.39 is 28.5 Å². The second-order valence-electron chi connectivity index (χ2n) is 10.7. The van der Waals surface area contributed by atoms with Crippen molar-refractivity contribution >= 4 is 39.1 Å². The highest BCUT2D eigenvalue weighted by Crippen LogP contribution is 2.26. The van der Waals surface area contributed by atoms with Gasteiger partial charge in [-0.15, -0.1) is 0 Å². The molecule has 0 unspecified atom stereocenters. The first-order chi connectivity index (χ1) is 20.5. The fourth-order valence-electron chi connectivity index (χ4n) is 4.69. The average molecular weight is 618 g/mol. The Kier molecular flexibility index (Phi) is 10.6. The smallest absolute Gasteiger partial charge is 0.264 e. The first-order valence-corrected chi connectivity index (χ1v) is 15.9. The molecular weight excluding hydrogens is 582 g/mol. The van der Waals surface area contributed by atoms with Crippen molar-refractivity contribution in [1.29, 1.82) is 0 Å². The second kappa shape index (κ2) is 14.4. The maximum Gasteiger partial charge on any atom is 0.264 e. The molecule has 43 heavy (non-hydrogen) atoms. The van der Waals surface area contributed by atoms with E-state index in [1.54, 1.807) is 24.3 Å². The number of hydrogen-bond donors (Lipinski definition) is 1. The third kappa shape index (κ3) is 8.46. The van der Waals surface area contributed by atoms with Crippen LogP contribution < -0.4 is 9.62 Å². The lowest BCUT2D eigenvalue weighted by Gasteiger charge is -2.34. The SMILES string of the molecule is Cc1ccc(N(CC(=O)N(Cc2ccccc2)[C@@H](Cc2ccccc2)C(=O)NC(C)C)S(=O)(=O)c2ccc(Cl)cc2)cc1. The fourth-order valence-corrected chi connectivity index (χ4v) is 6.23. The minimum Gasteiger partial charge on any atom is -0.352 e. The van der Waals surface area contributed by atoms with Gasteiger partial charge in [0, 0.05) is 24.0 Å². The Morgan fingerprint density at radius 3 is 1.91 bits per heavy atom. The van der Waals surface area contributed by atoms with Crippen LogP contribution in [0.25, 0.3) is 0 Å². The van der Waals surface area contributed by atoms with Gasteiger partial charge in [0.25, 0.3) is 10.0 Å². The number of rotatable bonds is 12. The molecule has 4 aromatic carbocycles. The number of aryl methyl sites for hydroxylation is 1. The Morgan fingerprint density at radius 1 is 0.791 bits per heavy atom. The lowest BCUT2D eigenvalue weighted by atomic mass is 10.0. The summed E-state index contributed by atoms with van der Waals surface area (Å²) in [6.45, 7) is 5.22. The molecule has 0 saturated heterocycles. The molecule has 9 heteroatoms. The zero-order valence-corrected chi connectivity index (χ0v) is 26.1. The predicted octanol–water partition coefficient (Wildman–Crippen LogP) is 6.01. The molecular formula is C34H36ClN3O4S. The zero-order chi connectivity index (χ0) is 31.0. The molecule has 0 spiro atoms. The summed E-state index contributed by atoms with van der Waals surface area (Å²) in [4.78, 5) is 29.5. The van der Waals surface area contributed by atoms with Crippen LogP contribution in [0, 0.1) is 6.92 Å². The highest BCUT2D eigenvalue weighted by molar-refractivity contribution is 7.92. The molecule has 0 aromatic heterocycles. The summed E-state index contributed by atoms with van der Waals surface area (Å²) in [6.07, 6.45) is 0.256. The molecule has 0 radical (unpaired) electrons. The quantitative estimate of drug-likeness (QED) is 0.211. The largest absolute Gasteiger partial charge is 0.352 e. The first-order valence-electron chi connectivity index (χ1n) is 14.1. The minimum atomic E-state index is -4.18. The van der Waals surface area contributed by atoms with E-state index in [0.29, 0.717) is 10.7 Å². The van der Waals surface area contributed by atoms with E-state index in [9.17, 15) is 18.0 Å². The monoisotopic (exact) mass is 617 g/mol. The van der Waals surface area contributed by atoms with Gasteiger partial charge in [0.1, 0.15) is 12.6 Å². The third-order valence-electron chi connectivity index (χ3n) is 6.90. The summed E-state index contributed by atoms with van der Waals surface area (Å²) in [5, 5.41) is 3.35. The van der Waals surface area contributed by atoms with Crippen LogP contribution >= 0.6 is 11.6 Å². The molecule has 0 aliphatic carbocycles. The summed E-state index contributed by atoms with van der Waals surface area (Å²) in [6, 6.07) is 30.5. The highest BCUT2D eigenvalue weighted by atomic mass is 35.5. The van der Waals surface area contributed by atoms with Crippen molar-refractivity contribution in [1.82, 2.24) is 10.2 Å². The normalized spacial score (nSPS) is 12.0. The number of hydrogen-bond acceptors (Lipinski definition) is 4. The third-order valence-corrected chi connectivity index (χ3v) is 8.94. The fraction of sp³-hybridized carbons (Fsp3) is 0.235. The molecule has 2 amide bonds. The molecule has 0 fully saturated rings.